The summed E-state index contributed by atoms with van der Waals surface area (Å²) >= 11 is -1.13. The van der Waals surface area contributed by atoms with Crippen LogP contribution in [-0.4, -0.2) is 0 Å². The third kappa shape index (κ3) is 4.93. The van der Waals surface area contributed by atoms with Gasteiger partial charge in [0, 0.05) is 0 Å². The van der Waals surface area contributed by atoms with Gasteiger partial charge in [-0.1, -0.05) is 0 Å². The summed E-state index contributed by atoms with van der Waals surface area (Å²) in [5.74, 6) is 4.33. The zero-order valence-electron chi connectivity index (χ0n) is 23.6. The van der Waals surface area contributed by atoms with Gasteiger partial charge < -0.3 is 0 Å². The van der Waals surface area contributed by atoms with E-state index in [4.69, 9.17) is 8.83 Å². The molecule has 2 aromatic carbocycles. The van der Waals surface area contributed by atoms with E-state index < -0.39 is 23.2 Å². The Morgan fingerprint density at radius 2 is 1.05 bits per heavy atom. The van der Waals surface area contributed by atoms with E-state index in [1.165, 1.54) is 44.5 Å². The molecule has 0 N–H and O–H groups in total. The van der Waals surface area contributed by atoms with Crippen LogP contribution in [0.5, 0.6) is 0 Å². The summed E-state index contributed by atoms with van der Waals surface area (Å²) in [5, 5.41) is 0. The van der Waals surface area contributed by atoms with Crippen LogP contribution in [0.25, 0.3) is 23.3 Å². The molecular formula is C36H38O2Zr. The Bertz CT molecular complexity index is 1430. The predicted molar refractivity (Wildman–Crippen MR) is 158 cm³/mol. The second kappa shape index (κ2) is 11.5. The first-order chi connectivity index (χ1) is 19.1. The molecule has 198 valence electrons. The van der Waals surface area contributed by atoms with E-state index in [0.29, 0.717) is 7.25 Å². The SMILES string of the molecule is CCCc1ccc(C2=Cc3c(CC)cccc3[CH]2[Zr][CH]2C(c3ccc(CCC)o3)=Cc3c(CC)cccc32)o1. The molecule has 0 saturated heterocycles. The van der Waals surface area contributed by atoms with Crippen LogP contribution in [0.4, 0.5) is 0 Å². The van der Waals surface area contributed by atoms with Gasteiger partial charge in [0.1, 0.15) is 0 Å². The molecule has 4 aromatic rings. The van der Waals surface area contributed by atoms with Crippen LogP contribution >= 0.6 is 0 Å². The summed E-state index contributed by atoms with van der Waals surface area (Å²) in [5.41, 5.74) is 11.6. The summed E-state index contributed by atoms with van der Waals surface area (Å²) in [6.07, 6.45) is 11.2. The fourth-order valence-electron chi connectivity index (χ4n) is 6.33. The first-order valence-electron chi connectivity index (χ1n) is 14.8. The Labute approximate surface area is 244 Å². The molecule has 0 fully saturated rings. The van der Waals surface area contributed by atoms with Gasteiger partial charge in [-0.25, -0.2) is 0 Å². The molecule has 0 saturated carbocycles. The second-order valence-electron chi connectivity index (χ2n) is 10.8. The quantitative estimate of drug-likeness (QED) is 0.183. The third-order valence-corrected chi connectivity index (χ3v) is 13.0. The zero-order valence-corrected chi connectivity index (χ0v) is 26.1. The summed E-state index contributed by atoms with van der Waals surface area (Å²) < 4.78 is 13.8. The molecule has 2 aromatic heterocycles. The van der Waals surface area contributed by atoms with E-state index in [2.05, 4.69) is 101 Å². The number of benzene rings is 2. The van der Waals surface area contributed by atoms with Crippen molar-refractivity contribution in [3.05, 3.63) is 117 Å². The van der Waals surface area contributed by atoms with E-state index in [1.807, 2.05) is 0 Å². The van der Waals surface area contributed by atoms with Crippen molar-refractivity contribution >= 4 is 23.3 Å². The molecule has 2 aliphatic carbocycles. The van der Waals surface area contributed by atoms with Gasteiger partial charge in [-0.2, -0.15) is 0 Å². The van der Waals surface area contributed by atoms with E-state index in [9.17, 15) is 0 Å². The third-order valence-electron chi connectivity index (χ3n) is 8.28. The van der Waals surface area contributed by atoms with Gasteiger partial charge >= 0.3 is 246 Å². The van der Waals surface area contributed by atoms with Crippen LogP contribution in [-0.2, 0) is 48.9 Å². The van der Waals surface area contributed by atoms with Crippen LogP contribution in [0, 0.1) is 0 Å². The van der Waals surface area contributed by atoms with E-state index in [-0.39, 0.29) is 0 Å². The topological polar surface area (TPSA) is 26.3 Å². The molecule has 0 bridgehead atoms. The number of hydrogen-bond donors (Lipinski definition) is 0. The molecule has 2 nitrogen and oxygen atoms in total. The molecule has 0 radical (unpaired) electrons. The summed E-state index contributed by atoms with van der Waals surface area (Å²) in [4.78, 5) is 0. The fourth-order valence-corrected chi connectivity index (χ4v) is 11.3. The van der Waals surface area contributed by atoms with Crippen molar-refractivity contribution < 1.29 is 32.1 Å². The number of aryl methyl sites for hydroxylation is 4. The molecule has 2 unspecified atom stereocenters. The van der Waals surface area contributed by atoms with Crippen LogP contribution in [0.3, 0.4) is 0 Å². The molecule has 2 aliphatic rings. The van der Waals surface area contributed by atoms with Crippen molar-refractivity contribution in [2.75, 3.05) is 0 Å². The van der Waals surface area contributed by atoms with Gasteiger partial charge in [0.2, 0.25) is 0 Å². The van der Waals surface area contributed by atoms with E-state index in [0.717, 1.165) is 61.6 Å². The molecule has 3 heteroatoms. The molecule has 2 heterocycles. The molecule has 6 rings (SSSR count). The van der Waals surface area contributed by atoms with Crippen molar-refractivity contribution in [2.24, 2.45) is 0 Å². The zero-order chi connectivity index (χ0) is 26.9. The van der Waals surface area contributed by atoms with E-state index >= 15 is 0 Å². The summed E-state index contributed by atoms with van der Waals surface area (Å²) in [6, 6.07) is 22.7. The first-order valence-corrected chi connectivity index (χ1v) is 17.6. The van der Waals surface area contributed by atoms with Crippen LogP contribution in [0.15, 0.2) is 69.5 Å². The number of furan rings is 2. The van der Waals surface area contributed by atoms with Gasteiger partial charge in [-0.15, -0.1) is 0 Å². The fraction of sp³-hybridized carbons (Fsp3) is 0.333. The van der Waals surface area contributed by atoms with Gasteiger partial charge in [-0.05, 0) is 0 Å². The standard InChI is InChI=1S/2C18H19O.Zr/c2*1-3-6-16-9-10-18(19-16)15-11-14-8-5-7-13(4-2)17(14)12-15;/h2*5,7-12H,3-4,6H2,1-2H3;. The predicted octanol–water partition coefficient (Wildman–Crippen LogP) is 9.88. The monoisotopic (exact) mass is 592 g/mol. The Kier molecular flexibility index (Phi) is 7.81. The maximum absolute atomic E-state index is 6.48. The Morgan fingerprint density at radius 1 is 0.590 bits per heavy atom. The Balaban J connectivity index is 1.45. The molecular weight excluding hydrogens is 556 g/mol. The summed E-state index contributed by atoms with van der Waals surface area (Å²) in [7, 11) is 0. The Morgan fingerprint density at radius 3 is 1.46 bits per heavy atom. The average molecular weight is 594 g/mol. The van der Waals surface area contributed by atoms with Gasteiger partial charge in [0.25, 0.3) is 0 Å². The molecule has 39 heavy (non-hydrogen) atoms. The average Bonchev–Trinajstić information content (AvgIpc) is 3.74. The van der Waals surface area contributed by atoms with Crippen molar-refractivity contribution in [1.29, 1.82) is 0 Å². The van der Waals surface area contributed by atoms with Crippen LogP contribution < -0.4 is 0 Å². The van der Waals surface area contributed by atoms with Crippen LogP contribution in [0.1, 0.15) is 104 Å². The molecule has 2 atom stereocenters. The van der Waals surface area contributed by atoms with Crippen molar-refractivity contribution in [3.8, 4) is 0 Å². The normalized spacial score (nSPS) is 17.6. The second-order valence-corrected chi connectivity index (χ2v) is 14.5. The minimum atomic E-state index is -1.13. The summed E-state index contributed by atoms with van der Waals surface area (Å²) in [6.45, 7) is 8.98. The number of fused-ring (bicyclic) bond motifs is 2. The molecule has 0 spiro atoms. The minimum absolute atomic E-state index is 0.436. The maximum atomic E-state index is 6.48. The van der Waals surface area contributed by atoms with Gasteiger partial charge in [0.15, 0.2) is 0 Å². The van der Waals surface area contributed by atoms with Gasteiger partial charge in [0.05, 0.1) is 0 Å². The molecule has 0 aliphatic heterocycles. The Hall–Kier alpha value is -2.64. The number of allylic oxidation sites excluding steroid dienone is 2. The van der Waals surface area contributed by atoms with Crippen molar-refractivity contribution in [2.45, 2.75) is 73.5 Å². The molecule has 0 amide bonds. The van der Waals surface area contributed by atoms with E-state index in [1.54, 1.807) is 0 Å². The van der Waals surface area contributed by atoms with Crippen molar-refractivity contribution in [3.63, 3.8) is 0 Å². The van der Waals surface area contributed by atoms with Crippen molar-refractivity contribution in [1.82, 2.24) is 0 Å². The first kappa shape index (κ1) is 26.6. The number of hydrogen-bond acceptors (Lipinski definition) is 2. The van der Waals surface area contributed by atoms with Gasteiger partial charge in [-0.3, -0.25) is 0 Å². The van der Waals surface area contributed by atoms with Crippen LogP contribution in [0.2, 0.25) is 0 Å². The number of rotatable bonds is 10.